The van der Waals surface area contributed by atoms with Crippen LogP contribution in [0.15, 0.2) is 66.8 Å². The SMILES string of the molecule is C=CCN1C(=O)[C@@]2(C(=C(O)c3ccc(OCC)cc3)C(=O)C(=O)N2C[C@@H]2CCCO2)c2ccccc21. The molecule has 186 valence electrons. The Hall–Kier alpha value is -3.91. The molecule has 2 aromatic rings. The third-order valence-corrected chi connectivity index (χ3v) is 6.97. The summed E-state index contributed by atoms with van der Waals surface area (Å²) in [7, 11) is 0. The van der Waals surface area contributed by atoms with Gasteiger partial charge >= 0.3 is 0 Å². The van der Waals surface area contributed by atoms with Gasteiger partial charge in [0.1, 0.15) is 11.5 Å². The van der Waals surface area contributed by atoms with Crippen LogP contribution in [0.25, 0.3) is 5.76 Å². The van der Waals surface area contributed by atoms with Crippen LogP contribution in [0.4, 0.5) is 5.69 Å². The van der Waals surface area contributed by atoms with E-state index in [1.54, 1.807) is 54.6 Å². The molecular weight excluding hydrogens is 460 g/mol. The minimum Gasteiger partial charge on any atom is -0.507 e. The van der Waals surface area contributed by atoms with Gasteiger partial charge in [0.2, 0.25) is 0 Å². The number of fused-ring (bicyclic) bond motifs is 2. The Morgan fingerprint density at radius 1 is 1.19 bits per heavy atom. The minimum atomic E-state index is -1.80. The summed E-state index contributed by atoms with van der Waals surface area (Å²) < 4.78 is 11.3. The summed E-state index contributed by atoms with van der Waals surface area (Å²) in [6.45, 7) is 6.91. The molecule has 2 saturated heterocycles. The second kappa shape index (κ2) is 9.28. The van der Waals surface area contributed by atoms with Crippen molar-refractivity contribution in [2.75, 3.05) is 31.2 Å². The number of para-hydroxylation sites is 1. The van der Waals surface area contributed by atoms with Crippen molar-refractivity contribution in [1.82, 2.24) is 4.90 Å². The molecule has 3 heterocycles. The standard InChI is InChI=1S/C28H28N2O6/c1-3-15-29-22-10-6-5-9-21(22)28(27(29)34)23(24(31)18-11-13-19(14-12-18)35-4-2)25(32)26(33)30(28)17-20-8-7-16-36-20/h3,5-6,9-14,20,31H,1,4,7-8,15-17H2,2H3/t20-,28-/m0/s1. The average molecular weight is 489 g/mol. The first-order valence-corrected chi connectivity index (χ1v) is 12.1. The molecule has 2 aromatic carbocycles. The van der Waals surface area contributed by atoms with Crippen molar-refractivity contribution in [3.8, 4) is 5.75 Å². The molecule has 0 unspecified atom stereocenters. The van der Waals surface area contributed by atoms with E-state index in [0.717, 1.165) is 6.42 Å². The number of benzene rings is 2. The fourth-order valence-electron chi connectivity index (χ4n) is 5.44. The van der Waals surface area contributed by atoms with Crippen molar-refractivity contribution in [3.05, 3.63) is 77.9 Å². The first-order chi connectivity index (χ1) is 17.4. The van der Waals surface area contributed by atoms with E-state index < -0.39 is 28.9 Å². The molecule has 8 heteroatoms. The number of nitrogens with zero attached hydrogens (tertiary/aromatic N) is 2. The van der Waals surface area contributed by atoms with Crippen molar-refractivity contribution in [1.29, 1.82) is 0 Å². The molecule has 0 radical (unpaired) electrons. The summed E-state index contributed by atoms with van der Waals surface area (Å²) in [6, 6.07) is 13.6. The number of hydrogen-bond acceptors (Lipinski definition) is 6. The summed E-state index contributed by atoms with van der Waals surface area (Å²) in [5.41, 5.74) is -0.692. The molecule has 0 aromatic heterocycles. The van der Waals surface area contributed by atoms with E-state index in [9.17, 15) is 19.5 Å². The predicted octanol–water partition coefficient (Wildman–Crippen LogP) is 3.37. The highest BCUT2D eigenvalue weighted by molar-refractivity contribution is 6.50. The summed E-state index contributed by atoms with van der Waals surface area (Å²) in [4.78, 5) is 44.2. The first kappa shape index (κ1) is 23.8. The number of carbonyl (C=O) groups excluding carboxylic acids is 3. The number of likely N-dealkylation sites (tertiary alicyclic amines) is 1. The van der Waals surface area contributed by atoms with Gasteiger partial charge in [-0.2, -0.15) is 0 Å². The van der Waals surface area contributed by atoms with Gasteiger partial charge in [-0.05, 0) is 50.1 Å². The molecule has 0 saturated carbocycles. The van der Waals surface area contributed by atoms with Gasteiger partial charge < -0.3 is 24.4 Å². The molecule has 2 atom stereocenters. The number of Topliss-reactive ketones (excluding diaryl/α,β-unsaturated/α-hetero) is 1. The number of hydrogen-bond donors (Lipinski definition) is 1. The zero-order chi connectivity index (χ0) is 25.4. The second-order valence-electron chi connectivity index (χ2n) is 8.99. The number of amides is 2. The van der Waals surface area contributed by atoms with Crippen LogP contribution in [-0.2, 0) is 24.7 Å². The minimum absolute atomic E-state index is 0.0621. The number of aliphatic hydroxyl groups is 1. The molecule has 2 fully saturated rings. The topological polar surface area (TPSA) is 96.4 Å². The van der Waals surface area contributed by atoms with E-state index in [1.165, 1.54) is 9.80 Å². The molecule has 1 N–H and O–H groups in total. The van der Waals surface area contributed by atoms with E-state index >= 15 is 0 Å². The molecule has 3 aliphatic rings. The molecule has 0 aliphatic carbocycles. The third kappa shape index (κ3) is 3.44. The van der Waals surface area contributed by atoms with Crippen LogP contribution >= 0.6 is 0 Å². The van der Waals surface area contributed by atoms with Crippen molar-refractivity contribution < 1.29 is 29.0 Å². The monoisotopic (exact) mass is 488 g/mol. The fraction of sp³-hybridized carbons (Fsp3) is 0.321. The largest absolute Gasteiger partial charge is 0.507 e. The summed E-state index contributed by atoms with van der Waals surface area (Å²) in [5.74, 6) is -2.02. The van der Waals surface area contributed by atoms with Gasteiger partial charge in [0.05, 0.1) is 24.0 Å². The van der Waals surface area contributed by atoms with Crippen molar-refractivity contribution in [2.45, 2.75) is 31.4 Å². The molecule has 0 bridgehead atoms. The number of anilines is 1. The number of rotatable bonds is 7. The molecule has 5 rings (SSSR count). The lowest BCUT2D eigenvalue weighted by Gasteiger charge is -2.35. The van der Waals surface area contributed by atoms with Gasteiger partial charge in [-0.15, -0.1) is 6.58 Å². The Balaban J connectivity index is 1.75. The van der Waals surface area contributed by atoms with Crippen molar-refractivity contribution >= 4 is 29.0 Å². The van der Waals surface area contributed by atoms with Gasteiger partial charge in [0, 0.05) is 30.8 Å². The average Bonchev–Trinajstić information content (AvgIpc) is 3.55. The van der Waals surface area contributed by atoms with E-state index in [-0.39, 0.29) is 24.8 Å². The highest BCUT2D eigenvalue weighted by Crippen LogP contribution is 2.53. The van der Waals surface area contributed by atoms with Crippen LogP contribution in [-0.4, -0.2) is 60.0 Å². The lowest BCUT2D eigenvalue weighted by Crippen LogP contribution is -2.53. The second-order valence-corrected chi connectivity index (χ2v) is 8.99. The normalized spacial score (nSPS) is 24.6. The zero-order valence-corrected chi connectivity index (χ0v) is 20.1. The summed E-state index contributed by atoms with van der Waals surface area (Å²) >= 11 is 0. The quantitative estimate of drug-likeness (QED) is 0.278. The van der Waals surface area contributed by atoms with Crippen molar-refractivity contribution in [2.24, 2.45) is 0 Å². The molecule has 2 amide bonds. The van der Waals surface area contributed by atoms with Gasteiger partial charge in [-0.3, -0.25) is 14.4 Å². The molecular formula is C28H28N2O6. The Kier molecular flexibility index (Phi) is 6.14. The van der Waals surface area contributed by atoms with Crippen LogP contribution < -0.4 is 9.64 Å². The summed E-state index contributed by atoms with van der Waals surface area (Å²) in [6.07, 6.45) is 2.83. The van der Waals surface area contributed by atoms with Crippen LogP contribution in [0.3, 0.4) is 0 Å². The number of ketones is 1. The van der Waals surface area contributed by atoms with E-state index in [2.05, 4.69) is 6.58 Å². The molecule has 36 heavy (non-hydrogen) atoms. The highest BCUT2D eigenvalue weighted by Gasteiger charge is 2.67. The van der Waals surface area contributed by atoms with Gasteiger partial charge in [-0.25, -0.2) is 0 Å². The third-order valence-electron chi connectivity index (χ3n) is 6.97. The van der Waals surface area contributed by atoms with Crippen LogP contribution in [0.2, 0.25) is 0 Å². The molecule has 1 spiro atoms. The maximum absolute atomic E-state index is 14.3. The van der Waals surface area contributed by atoms with Gasteiger partial charge in [0.15, 0.2) is 5.54 Å². The zero-order valence-electron chi connectivity index (χ0n) is 20.1. The highest BCUT2D eigenvalue weighted by atomic mass is 16.5. The Morgan fingerprint density at radius 3 is 2.61 bits per heavy atom. The van der Waals surface area contributed by atoms with Gasteiger partial charge in [-0.1, -0.05) is 24.3 Å². The van der Waals surface area contributed by atoms with Crippen LogP contribution in [0.1, 0.15) is 30.9 Å². The first-order valence-electron chi connectivity index (χ1n) is 12.1. The Labute approximate surface area is 209 Å². The maximum atomic E-state index is 14.3. The Morgan fingerprint density at radius 2 is 1.94 bits per heavy atom. The lowest BCUT2D eigenvalue weighted by molar-refractivity contribution is -0.145. The Bertz CT molecular complexity index is 1260. The van der Waals surface area contributed by atoms with Gasteiger partial charge in [0.25, 0.3) is 17.6 Å². The van der Waals surface area contributed by atoms with Crippen LogP contribution in [0, 0.1) is 0 Å². The smallest absolute Gasteiger partial charge is 0.296 e. The van der Waals surface area contributed by atoms with E-state index in [0.29, 0.717) is 42.2 Å². The maximum Gasteiger partial charge on any atom is 0.296 e. The van der Waals surface area contributed by atoms with E-state index in [1.807, 2.05) is 6.92 Å². The predicted molar refractivity (Wildman–Crippen MR) is 134 cm³/mol. The van der Waals surface area contributed by atoms with Crippen LogP contribution in [0.5, 0.6) is 5.75 Å². The number of aliphatic hydroxyl groups excluding tert-OH is 1. The lowest BCUT2D eigenvalue weighted by atomic mass is 9.81. The fourth-order valence-corrected chi connectivity index (χ4v) is 5.44. The van der Waals surface area contributed by atoms with E-state index in [4.69, 9.17) is 9.47 Å². The number of carbonyl (C=O) groups is 3. The molecule has 8 nitrogen and oxygen atoms in total. The molecule has 3 aliphatic heterocycles. The summed E-state index contributed by atoms with van der Waals surface area (Å²) in [5, 5.41) is 11.5. The number of ether oxygens (including phenoxy) is 2. The van der Waals surface area contributed by atoms with Crippen molar-refractivity contribution in [3.63, 3.8) is 0 Å².